The minimum atomic E-state index is -0.339. The molecule has 0 aliphatic carbocycles. The number of likely N-dealkylation sites (tertiary alicyclic amines) is 1. The Morgan fingerprint density at radius 1 is 1.61 bits per heavy atom. The highest BCUT2D eigenvalue weighted by molar-refractivity contribution is 7.12. The maximum atomic E-state index is 12.5. The van der Waals surface area contributed by atoms with Gasteiger partial charge in [0.25, 0.3) is 5.91 Å². The van der Waals surface area contributed by atoms with Crippen molar-refractivity contribution in [1.82, 2.24) is 4.90 Å². The van der Waals surface area contributed by atoms with E-state index in [-0.39, 0.29) is 18.1 Å². The Morgan fingerprint density at radius 2 is 2.33 bits per heavy atom. The number of aliphatic hydroxyl groups excluding tert-OH is 1. The first-order valence-electron chi connectivity index (χ1n) is 6.55. The van der Waals surface area contributed by atoms with Crippen LogP contribution >= 0.6 is 11.3 Å². The fourth-order valence-corrected chi connectivity index (χ4v) is 3.66. The molecule has 18 heavy (non-hydrogen) atoms. The lowest BCUT2D eigenvalue weighted by Crippen LogP contribution is -2.37. The lowest BCUT2D eigenvalue weighted by Gasteiger charge is -2.25. The molecule has 2 unspecified atom stereocenters. The van der Waals surface area contributed by atoms with Crippen molar-refractivity contribution in [3.8, 4) is 0 Å². The number of carbonyl (C=O) groups is 1. The highest BCUT2D eigenvalue weighted by Crippen LogP contribution is 2.27. The van der Waals surface area contributed by atoms with Crippen LogP contribution in [0.15, 0.2) is 6.07 Å². The van der Waals surface area contributed by atoms with Crippen LogP contribution in [0, 0.1) is 13.8 Å². The van der Waals surface area contributed by atoms with E-state index < -0.39 is 0 Å². The van der Waals surface area contributed by atoms with Crippen LogP contribution in [0.2, 0.25) is 0 Å². The molecule has 1 fully saturated rings. The van der Waals surface area contributed by atoms with Gasteiger partial charge in [0.15, 0.2) is 0 Å². The Hall–Kier alpha value is -0.870. The van der Waals surface area contributed by atoms with Gasteiger partial charge in [0.05, 0.1) is 11.7 Å². The quantitative estimate of drug-likeness (QED) is 0.915. The average Bonchev–Trinajstić information content (AvgIpc) is 2.83. The van der Waals surface area contributed by atoms with Crippen LogP contribution in [-0.2, 0) is 0 Å². The second kappa shape index (κ2) is 5.41. The smallest absolute Gasteiger partial charge is 0.255 e. The molecule has 3 nitrogen and oxygen atoms in total. The van der Waals surface area contributed by atoms with Gasteiger partial charge < -0.3 is 10.0 Å². The van der Waals surface area contributed by atoms with Crippen LogP contribution in [0.3, 0.4) is 0 Å². The average molecular weight is 267 g/mol. The maximum Gasteiger partial charge on any atom is 0.255 e. The van der Waals surface area contributed by atoms with Gasteiger partial charge in [-0.3, -0.25) is 4.79 Å². The molecule has 0 aromatic carbocycles. The second-order valence-electron chi connectivity index (χ2n) is 5.21. The summed E-state index contributed by atoms with van der Waals surface area (Å²) in [5.41, 5.74) is 0.843. The van der Waals surface area contributed by atoms with E-state index >= 15 is 0 Å². The lowest BCUT2D eigenvalue weighted by molar-refractivity contribution is 0.0682. The molecule has 1 aromatic rings. The number of aryl methyl sites for hydroxylation is 2. The predicted molar refractivity (Wildman–Crippen MR) is 74.1 cm³/mol. The topological polar surface area (TPSA) is 40.5 Å². The molecule has 1 aliphatic rings. The monoisotopic (exact) mass is 267 g/mol. The van der Waals surface area contributed by atoms with Crippen molar-refractivity contribution in [2.24, 2.45) is 0 Å². The van der Waals surface area contributed by atoms with Crippen molar-refractivity contribution in [2.45, 2.75) is 52.2 Å². The minimum Gasteiger partial charge on any atom is -0.393 e. The Morgan fingerprint density at radius 3 is 2.89 bits per heavy atom. The summed E-state index contributed by atoms with van der Waals surface area (Å²) in [5.74, 6) is 0.139. The SMILES string of the molecule is Cc1cc(C(=O)N2CCCC2CC(C)O)c(C)s1. The standard InChI is InChI=1S/C14H21NO2S/c1-9(16)7-12-5-4-6-15(12)14(17)13-8-10(2)18-11(13)3/h8-9,12,16H,4-7H2,1-3H3. The molecule has 0 radical (unpaired) electrons. The van der Waals surface area contributed by atoms with E-state index in [0.29, 0.717) is 6.42 Å². The van der Waals surface area contributed by atoms with E-state index in [1.807, 2.05) is 24.8 Å². The third-order valence-corrected chi connectivity index (χ3v) is 4.49. The first-order valence-corrected chi connectivity index (χ1v) is 7.36. The number of nitrogens with zero attached hydrogens (tertiary/aromatic N) is 1. The second-order valence-corrected chi connectivity index (χ2v) is 6.67. The zero-order chi connectivity index (χ0) is 13.3. The summed E-state index contributed by atoms with van der Waals surface area (Å²) in [5, 5.41) is 9.51. The van der Waals surface area contributed by atoms with Gasteiger partial charge in [-0.05, 0) is 46.1 Å². The van der Waals surface area contributed by atoms with E-state index in [0.717, 1.165) is 29.8 Å². The van der Waals surface area contributed by atoms with E-state index in [1.54, 1.807) is 18.3 Å². The molecule has 4 heteroatoms. The lowest BCUT2D eigenvalue weighted by atomic mass is 10.1. The van der Waals surface area contributed by atoms with Crippen molar-refractivity contribution in [1.29, 1.82) is 0 Å². The van der Waals surface area contributed by atoms with Crippen LogP contribution in [0.4, 0.5) is 0 Å². The van der Waals surface area contributed by atoms with Crippen LogP contribution < -0.4 is 0 Å². The molecule has 2 rings (SSSR count). The van der Waals surface area contributed by atoms with Crippen LogP contribution in [0.5, 0.6) is 0 Å². The van der Waals surface area contributed by atoms with Gasteiger partial charge >= 0.3 is 0 Å². The molecule has 1 aliphatic heterocycles. The summed E-state index contributed by atoms with van der Waals surface area (Å²) in [4.78, 5) is 16.7. The molecule has 1 N–H and O–H groups in total. The Labute approximate surface area is 112 Å². The highest BCUT2D eigenvalue weighted by atomic mass is 32.1. The van der Waals surface area contributed by atoms with E-state index in [9.17, 15) is 9.90 Å². The minimum absolute atomic E-state index is 0.139. The van der Waals surface area contributed by atoms with Gasteiger partial charge in [-0.15, -0.1) is 11.3 Å². The Balaban J connectivity index is 2.15. The largest absolute Gasteiger partial charge is 0.393 e. The zero-order valence-electron chi connectivity index (χ0n) is 11.3. The van der Waals surface area contributed by atoms with Crippen LogP contribution in [-0.4, -0.2) is 34.6 Å². The van der Waals surface area contributed by atoms with E-state index in [4.69, 9.17) is 0 Å². The molecule has 2 heterocycles. The van der Waals surface area contributed by atoms with Gasteiger partial charge in [0, 0.05) is 22.3 Å². The van der Waals surface area contributed by atoms with Gasteiger partial charge in [0.2, 0.25) is 0 Å². The number of thiophene rings is 1. The van der Waals surface area contributed by atoms with Crippen LogP contribution in [0.1, 0.15) is 46.3 Å². The summed E-state index contributed by atoms with van der Waals surface area (Å²) < 4.78 is 0. The third-order valence-electron chi connectivity index (χ3n) is 3.52. The first-order chi connectivity index (χ1) is 8.49. The number of amides is 1. The molecule has 1 saturated heterocycles. The number of carbonyl (C=O) groups excluding carboxylic acids is 1. The molecule has 1 aromatic heterocycles. The summed E-state index contributed by atoms with van der Waals surface area (Å²) in [6, 6.07) is 2.19. The summed E-state index contributed by atoms with van der Waals surface area (Å²) >= 11 is 1.67. The van der Waals surface area contributed by atoms with Gasteiger partial charge in [0.1, 0.15) is 0 Å². The van der Waals surface area contributed by atoms with Crippen LogP contribution in [0.25, 0.3) is 0 Å². The van der Waals surface area contributed by atoms with E-state index in [2.05, 4.69) is 0 Å². The first kappa shape index (κ1) is 13.6. The number of rotatable bonds is 3. The molecule has 2 atom stereocenters. The van der Waals surface area contributed by atoms with Crippen molar-refractivity contribution in [3.63, 3.8) is 0 Å². The van der Waals surface area contributed by atoms with E-state index in [1.165, 1.54) is 4.88 Å². The Kier molecular flexibility index (Phi) is 4.07. The highest BCUT2D eigenvalue weighted by Gasteiger charge is 2.31. The van der Waals surface area contributed by atoms with Gasteiger partial charge in [-0.1, -0.05) is 0 Å². The number of aliphatic hydroxyl groups is 1. The van der Waals surface area contributed by atoms with Gasteiger partial charge in [-0.25, -0.2) is 0 Å². The molecular weight excluding hydrogens is 246 g/mol. The van der Waals surface area contributed by atoms with Crippen molar-refractivity contribution >= 4 is 17.2 Å². The van der Waals surface area contributed by atoms with Crippen molar-refractivity contribution < 1.29 is 9.90 Å². The number of hydrogen-bond acceptors (Lipinski definition) is 3. The fourth-order valence-electron chi connectivity index (χ4n) is 2.74. The molecule has 1 amide bonds. The van der Waals surface area contributed by atoms with Crippen molar-refractivity contribution in [2.75, 3.05) is 6.54 Å². The summed E-state index contributed by atoms with van der Waals surface area (Å²) in [6.45, 7) is 6.65. The van der Waals surface area contributed by atoms with Gasteiger partial charge in [-0.2, -0.15) is 0 Å². The Bertz CT molecular complexity index is 439. The predicted octanol–water partition coefficient (Wildman–Crippen LogP) is 2.74. The third kappa shape index (κ3) is 2.75. The normalized spacial score (nSPS) is 21.3. The zero-order valence-corrected chi connectivity index (χ0v) is 12.1. The molecule has 0 spiro atoms. The summed E-state index contributed by atoms with van der Waals surface area (Å²) in [7, 11) is 0. The number of hydrogen-bond donors (Lipinski definition) is 1. The molecule has 0 saturated carbocycles. The maximum absolute atomic E-state index is 12.5. The molecule has 0 bridgehead atoms. The van der Waals surface area contributed by atoms with Crippen molar-refractivity contribution in [3.05, 3.63) is 21.4 Å². The fraction of sp³-hybridized carbons (Fsp3) is 0.643. The molecular formula is C14H21NO2S. The summed E-state index contributed by atoms with van der Waals surface area (Å²) in [6.07, 6.45) is 2.41. The molecule has 100 valence electrons.